The normalized spacial score (nSPS) is 7.85. The number of Topliss-reactive ketones (excluding diaryl/α,β-unsaturated/α-hetero) is 1. The third-order valence-corrected chi connectivity index (χ3v) is 0.827. The number of hydrogen-bond donors (Lipinski definition) is 2. The van der Waals surface area contributed by atoms with Gasteiger partial charge >= 0.3 is 12.1 Å². The summed E-state index contributed by atoms with van der Waals surface area (Å²) in [5.41, 5.74) is 0. The lowest BCUT2D eigenvalue weighted by Crippen LogP contribution is -2.09. The largest absolute Gasteiger partial charge is 0.505 e. The molecule has 0 amide bonds. The molecule has 0 rings (SSSR count). The molecule has 0 unspecified atom stereocenters. The predicted octanol–water partition coefficient (Wildman–Crippen LogP) is 0.751. The second-order valence-corrected chi connectivity index (χ2v) is 1.78. The molecule has 13 heavy (non-hydrogen) atoms. The summed E-state index contributed by atoms with van der Waals surface area (Å²) in [5, 5.41) is 15.5. The molecule has 76 valence electrons. The van der Waals surface area contributed by atoms with Gasteiger partial charge in [0.1, 0.15) is 0 Å². The van der Waals surface area contributed by atoms with Crippen LogP contribution >= 0.6 is 0 Å². The van der Waals surface area contributed by atoms with E-state index in [1.807, 2.05) is 0 Å². The van der Waals surface area contributed by atoms with E-state index in [1.165, 1.54) is 6.92 Å². The second-order valence-electron chi connectivity index (χ2n) is 1.78. The van der Waals surface area contributed by atoms with E-state index in [1.54, 1.807) is 6.92 Å². The monoisotopic (exact) mass is 192 g/mol. The maximum absolute atomic E-state index is 9.91. The van der Waals surface area contributed by atoms with Crippen LogP contribution in [0.2, 0.25) is 0 Å². The Morgan fingerprint density at radius 2 is 1.62 bits per heavy atom. The Morgan fingerprint density at radius 3 is 1.62 bits per heavy atom. The Morgan fingerprint density at radius 1 is 1.15 bits per heavy atom. The van der Waals surface area contributed by atoms with Gasteiger partial charge in [-0.3, -0.25) is 4.79 Å². The molecule has 6 heteroatoms. The first-order valence-corrected chi connectivity index (χ1v) is 3.57. The Bertz CT molecular complexity index is 185. The molecule has 0 atom stereocenters. The van der Waals surface area contributed by atoms with E-state index >= 15 is 0 Å². The summed E-state index contributed by atoms with van der Waals surface area (Å²) >= 11 is 0. The van der Waals surface area contributed by atoms with Gasteiger partial charge in [0, 0.05) is 6.42 Å². The highest BCUT2D eigenvalue weighted by Crippen LogP contribution is 1.76. The first-order chi connectivity index (χ1) is 5.95. The van der Waals surface area contributed by atoms with Gasteiger partial charge in [0.2, 0.25) is 5.78 Å². The second kappa shape index (κ2) is 8.51. The molecule has 0 aromatic heterocycles. The molecule has 2 N–H and O–H groups in total. The molecule has 0 spiro atoms. The number of rotatable bonds is 3. The number of carbonyl (C=O) groups excluding carboxylic acids is 1. The smallest absolute Gasteiger partial charge is 0.476 e. The molecule has 0 aliphatic heterocycles. The Kier molecular flexibility index (Phi) is 9.14. The van der Waals surface area contributed by atoms with Crippen LogP contribution in [-0.4, -0.2) is 34.7 Å². The van der Waals surface area contributed by atoms with Crippen molar-refractivity contribution in [3.8, 4) is 0 Å². The van der Waals surface area contributed by atoms with E-state index in [0.29, 0.717) is 0 Å². The topological polar surface area (TPSA) is 101 Å². The molecule has 0 aliphatic rings. The minimum absolute atomic E-state index is 0.0787. The van der Waals surface area contributed by atoms with Gasteiger partial charge in [0.15, 0.2) is 0 Å². The lowest BCUT2D eigenvalue weighted by molar-refractivity contribution is -0.148. The van der Waals surface area contributed by atoms with E-state index in [4.69, 9.17) is 10.2 Å². The van der Waals surface area contributed by atoms with Crippen molar-refractivity contribution in [3.63, 3.8) is 0 Å². The number of hydrogen-bond acceptors (Lipinski definition) is 4. The van der Waals surface area contributed by atoms with Crippen LogP contribution in [0.3, 0.4) is 0 Å². The number of aliphatic carboxylic acids is 1. The lowest BCUT2D eigenvalue weighted by atomic mass is 10.3. The van der Waals surface area contributed by atoms with Crippen LogP contribution in [0.25, 0.3) is 0 Å². The number of carbonyl (C=O) groups is 3. The van der Waals surface area contributed by atoms with Crippen LogP contribution in [0, 0.1) is 0 Å². The van der Waals surface area contributed by atoms with Crippen molar-refractivity contribution >= 4 is 17.9 Å². The van der Waals surface area contributed by atoms with Gasteiger partial charge in [-0.2, -0.15) is 0 Å². The minimum Gasteiger partial charge on any atom is -0.476 e. The van der Waals surface area contributed by atoms with E-state index in [0.717, 1.165) is 0 Å². The summed E-state index contributed by atoms with van der Waals surface area (Å²) in [6.45, 7) is 3.36. The molecule has 0 saturated heterocycles. The highest BCUT2D eigenvalue weighted by atomic mass is 16.7. The summed E-state index contributed by atoms with van der Waals surface area (Å²) in [5.74, 6) is -2.08. The zero-order chi connectivity index (χ0) is 10.9. The van der Waals surface area contributed by atoms with Gasteiger partial charge in [-0.25, -0.2) is 9.59 Å². The van der Waals surface area contributed by atoms with Gasteiger partial charge in [-0.05, 0) is 6.92 Å². The SMILES string of the molecule is CCC(=O)C(=O)O.CCOC(=O)O. The van der Waals surface area contributed by atoms with Crippen molar-refractivity contribution in [1.82, 2.24) is 0 Å². The summed E-state index contributed by atoms with van der Waals surface area (Å²) in [6.07, 6.45) is -1.13. The Labute approximate surface area is 75.1 Å². The molecule has 0 aromatic rings. The summed E-state index contributed by atoms with van der Waals surface area (Å²) < 4.78 is 3.96. The lowest BCUT2D eigenvalue weighted by Gasteiger charge is -1.87. The first kappa shape index (κ1) is 14.0. The van der Waals surface area contributed by atoms with E-state index in [9.17, 15) is 14.4 Å². The molecular weight excluding hydrogens is 180 g/mol. The van der Waals surface area contributed by atoms with Crippen molar-refractivity contribution in [2.24, 2.45) is 0 Å². The van der Waals surface area contributed by atoms with Gasteiger partial charge < -0.3 is 14.9 Å². The van der Waals surface area contributed by atoms with Crippen LogP contribution < -0.4 is 0 Å². The first-order valence-electron chi connectivity index (χ1n) is 3.57. The molecule has 0 aromatic carbocycles. The number of ketones is 1. The van der Waals surface area contributed by atoms with E-state index < -0.39 is 17.9 Å². The van der Waals surface area contributed by atoms with Crippen LogP contribution in [0.1, 0.15) is 20.3 Å². The highest BCUT2D eigenvalue weighted by Gasteiger charge is 2.05. The van der Waals surface area contributed by atoms with E-state index in [2.05, 4.69) is 4.74 Å². The van der Waals surface area contributed by atoms with E-state index in [-0.39, 0.29) is 13.0 Å². The van der Waals surface area contributed by atoms with Crippen molar-refractivity contribution < 1.29 is 29.3 Å². The van der Waals surface area contributed by atoms with Crippen LogP contribution in [-0.2, 0) is 14.3 Å². The maximum atomic E-state index is 9.91. The standard InChI is InChI=1S/C4H6O3.C3H6O3/c1-2-3(5)4(6)7;1-2-6-3(4)5/h2H2,1H3,(H,6,7);2H2,1H3,(H,4,5). The van der Waals surface area contributed by atoms with Crippen LogP contribution in [0.15, 0.2) is 0 Å². The van der Waals surface area contributed by atoms with Crippen molar-refractivity contribution in [2.75, 3.05) is 6.61 Å². The molecule has 0 aliphatic carbocycles. The maximum Gasteiger partial charge on any atom is 0.505 e. The Hall–Kier alpha value is -1.59. The number of ether oxygens (including phenoxy) is 1. The molecule has 0 radical (unpaired) electrons. The third-order valence-electron chi connectivity index (χ3n) is 0.827. The van der Waals surface area contributed by atoms with Crippen LogP contribution in [0.5, 0.6) is 0 Å². The highest BCUT2D eigenvalue weighted by molar-refractivity contribution is 6.32. The fourth-order valence-corrected chi connectivity index (χ4v) is 0.275. The average molecular weight is 192 g/mol. The summed E-state index contributed by atoms with van der Waals surface area (Å²) in [7, 11) is 0. The van der Waals surface area contributed by atoms with Crippen molar-refractivity contribution in [2.45, 2.75) is 20.3 Å². The van der Waals surface area contributed by atoms with Crippen LogP contribution in [0.4, 0.5) is 4.79 Å². The molecule has 6 nitrogen and oxygen atoms in total. The Balaban J connectivity index is 0. The van der Waals surface area contributed by atoms with Gasteiger partial charge in [-0.15, -0.1) is 0 Å². The quantitative estimate of drug-likeness (QED) is 0.505. The third kappa shape index (κ3) is 13.4. The fraction of sp³-hybridized carbons (Fsp3) is 0.571. The summed E-state index contributed by atoms with van der Waals surface area (Å²) in [4.78, 5) is 28.9. The number of carboxylic acid groups (broad SMARTS) is 2. The van der Waals surface area contributed by atoms with Gasteiger partial charge in [0.05, 0.1) is 6.61 Å². The number of carboxylic acids is 1. The minimum atomic E-state index is -1.34. The molecule has 0 bridgehead atoms. The average Bonchev–Trinajstić information content (AvgIpc) is 2.03. The van der Waals surface area contributed by atoms with Gasteiger partial charge in [-0.1, -0.05) is 6.92 Å². The van der Waals surface area contributed by atoms with Gasteiger partial charge in [0.25, 0.3) is 0 Å². The molecule has 0 saturated carbocycles. The zero-order valence-electron chi connectivity index (χ0n) is 7.44. The molecular formula is C7H12O6. The van der Waals surface area contributed by atoms with Crippen molar-refractivity contribution in [3.05, 3.63) is 0 Å². The zero-order valence-corrected chi connectivity index (χ0v) is 7.44. The van der Waals surface area contributed by atoms with Crippen molar-refractivity contribution in [1.29, 1.82) is 0 Å². The molecule has 0 fully saturated rings. The predicted molar refractivity (Wildman–Crippen MR) is 42.6 cm³/mol. The summed E-state index contributed by atoms with van der Waals surface area (Å²) in [6, 6.07) is 0. The molecule has 0 heterocycles. The fourth-order valence-electron chi connectivity index (χ4n) is 0.275.